The van der Waals surface area contributed by atoms with Gasteiger partial charge in [0, 0.05) is 0 Å². The van der Waals surface area contributed by atoms with Crippen LogP contribution in [0.15, 0.2) is 70.5 Å². The van der Waals surface area contributed by atoms with Gasteiger partial charge in [-0.05, 0) is 70.5 Å². The standard InChI is InChI=1S/C34H34N2O10S2.2Na/c1-33(2,3)17-7-9-19(25(15-17)47(41,42)43)35-21-11-12-22(36-20-10-8-18(34(4,5)6)16-26(20)48(44,45)46)28-27(21)31(39)29-23(37)13-14-24(38)30(29)32(28)40;;/h7-16,35-38H,1-6H3,(H,41,42,43)(H,44,45,46);;/q;2*+1/p-2. The molecular formula is C34H32N2Na2O10S2. The van der Waals surface area contributed by atoms with Gasteiger partial charge in [0.15, 0.2) is 0 Å². The van der Waals surface area contributed by atoms with Crippen LogP contribution < -0.4 is 69.7 Å². The van der Waals surface area contributed by atoms with E-state index in [2.05, 4.69) is 10.6 Å². The number of hydrogen-bond acceptors (Lipinski definition) is 12. The zero-order chi connectivity index (χ0) is 35.7. The molecule has 5 rings (SSSR count). The third kappa shape index (κ3) is 7.99. The molecule has 0 saturated carbocycles. The first-order chi connectivity index (χ1) is 22.0. The summed E-state index contributed by atoms with van der Waals surface area (Å²) in [6.07, 6.45) is 0. The Morgan fingerprint density at radius 2 is 0.820 bits per heavy atom. The third-order valence-corrected chi connectivity index (χ3v) is 9.80. The van der Waals surface area contributed by atoms with E-state index in [0.717, 1.165) is 12.1 Å². The fourth-order valence-electron chi connectivity index (χ4n) is 5.46. The summed E-state index contributed by atoms with van der Waals surface area (Å²) in [6.45, 7) is 10.9. The van der Waals surface area contributed by atoms with Gasteiger partial charge in [-0.3, -0.25) is 9.59 Å². The second-order valence-electron chi connectivity index (χ2n) is 13.5. The van der Waals surface area contributed by atoms with E-state index >= 15 is 0 Å². The van der Waals surface area contributed by atoms with Gasteiger partial charge < -0.3 is 30.0 Å². The molecule has 0 atom stereocenters. The molecule has 0 fully saturated rings. The summed E-state index contributed by atoms with van der Waals surface area (Å²) in [5.41, 5.74) is -2.50. The molecule has 0 saturated heterocycles. The van der Waals surface area contributed by atoms with Crippen LogP contribution in [0.2, 0.25) is 0 Å². The molecule has 252 valence electrons. The van der Waals surface area contributed by atoms with Gasteiger partial charge in [0.05, 0.1) is 54.8 Å². The summed E-state index contributed by atoms with van der Waals surface area (Å²) >= 11 is 0. The Labute approximate surface area is 334 Å². The minimum Gasteiger partial charge on any atom is -0.744 e. The monoisotopic (exact) mass is 738 g/mol. The van der Waals surface area contributed by atoms with Crippen molar-refractivity contribution in [1.29, 1.82) is 0 Å². The number of fused-ring (bicyclic) bond motifs is 2. The van der Waals surface area contributed by atoms with Crippen LogP contribution in [-0.2, 0) is 31.1 Å². The Kier molecular flexibility index (Phi) is 11.9. The van der Waals surface area contributed by atoms with Crippen LogP contribution in [0.5, 0.6) is 11.5 Å². The van der Waals surface area contributed by atoms with Gasteiger partial charge in [0.25, 0.3) is 0 Å². The topological polar surface area (TPSA) is 213 Å². The van der Waals surface area contributed by atoms with E-state index in [-0.39, 0.29) is 93.0 Å². The van der Waals surface area contributed by atoms with Gasteiger partial charge in [-0.15, -0.1) is 0 Å². The Morgan fingerprint density at radius 1 is 0.520 bits per heavy atom. The maximum Gasteiger partial charge on any atom is 1.00 e. The summed E-state index contributed by atoms with van der Waals surface area (Å²) in [4.78, 5) is 26.9. The summed E-state index contributed by atoms with van der Waals surface area (Å²) < 4.78 is 74.2. The van der Waals surface area contributed by atoms with Crippen LogP contribution in [0, 0.1) is 0 Å². The average molecular weight is 739 g/mol. The molecule has 0 amide bonds. The van der Waals surface area contributed by atoms with Crippen molar-refractivity contribution in [1.82, 2.24) is 0 Å². The zero-order valence-corrected chi connectivity index (χ0v) is 34.4. The number of rotatable bonds is 6. The first-order valence-corrected chi connectivity index (χ1v) is 17.4. The molecule has 0 radical (unpaired) electrons. The Hall–Kier alpha value is -2.76. The van der Waals surface area contributed by atoms with Gasteiger partial charge in [-0.25, -0.2) is 16.8 Å². The van der Waals surface area contributed by atoms with Crippen LogP contribution in [0.25, 0.3) is 0 Å². The van der Waals surface area contributed by atoms with E-state index in [1.165, 1.54) is 36.4 Å². The molecule has 0 aliphatic heterocycles. The Balaban J connectivity index is 0.00000338. The molecule has 0 unspecified atom stereocenters. The van der Waals surface area contributed by atoms with Gasteiger partial charge in [-0.1, -0.05) is 53.7 Å². The number of hydrogen-bond donors (Lipinski definition) is 4. The van der Waals surface area contributed by atoms with Crippen molar-refractivity contribution >= 4 is 54.6 Å². The average Bonchev–Trinajstić information content (AvgIpc) is 2.95. The second-order valence-corrected chi connectivity index (χ2v) is 16.2. The molecule has 0 aromatic heterocycles. The predicted octanol–water partition coefficient (Wildman–Crippen LogP) is -0.228. The quantitative estimate of drug-likeness (QED) is 0.101. The van der Waals surface area contributed by atoms with Crippen molar-refractivity contribution in [2.75, 3.05) is 10.6 Å². The third-order valence-electron chi connectivity index (χ3n) is 8.05. The number of ketones is 2. The van der Waals surface area contributed by atoms with E-state index in [1.54, 1.807) is 12.1 Å². The van der Waals surface area contributed by atoms with Crippen molar-refractivity contribution in [3.8, 4) is 11.5 Å². The Morgan fingerprint density at radius 3 is 1.10 bits per heavy atom. The fraction of sp³-hybridized carbons (Fsp3) is 0.235. The van der Waals surface area contributed by atoms with Crippen molar-refractivity contribution < 1.29 is 105 Å². The molecule has 4 aromatic rings. The summed E-state index contributed by atoms with van der Waals surface area (Å²) in [6, 6.07) is 12.9. The maximum atomic E-state index is 14.1. The molecule has 0 heterocycles. The zero-order valence-electron chi connectivity index (χ0n) is 28.8. The number of phenolic OH excluding ortho intramolecular Hbond substituents is 2. The minimum absolute atomic E-state index is 0. The van der Waals surface area contributed by atoms with Crippen molar-refractivity contribution in [3.63, 3.8) is 0 Å². The molecule has 1 aliphatic rings. The molecule has 12 nitrogen and oxygen atoms in total. The minimum atomic E-state index is -5.06. The number of anilines is 4. The van der Waals surface area contributed by atoms with E-state index in [4.69, 9.17) is 0 Å². The summed E-state index contributed by atoms with van der Waals surface area (Å²) in [5.74, 6) is -3.13. The number of aromatic hydroxyl groups is 2. The molecule has 0 bridgehead atoms. The predicted molar refractivity (Wildman–Crippen MR) is 176 cm³/mol. The van der Waals surface area contributed by atoms with Gasteiger partial charge in [0.1, 0.15) is 31.7 Å². The van der Waals surface area contributed by atoms with E-state index in [9.17, 15) is 45.7 Å². The van der Waals surface area contributed by atoms with Crippen LogP contribution >= 0.6 is 0 Å². The van der Waals surface area contributed by atoms with Gasteiger partial charge in [0.2, 0.25) is 11.6 Å². The molecule has 50 heavy (non-hydrogen) atoms. The SMILES string of the molecule is CC(C)(C)c1ccc(Nc2ccc(Nc3ccc(C(C)(C)C)cc3S(=O)(=O)[O-])c3c2C(=O)c2c(O)ccc(O)c2C3=O)c(S(=O)(=O)[O-])c1.[Na+].[Na+]. The number of nitrogens with one attached hydrogen (secondary N) is 2. The fourth-order valence-corrected chi connectivity index (χ4v) is 6.78. The molecule has 4 aromatic carbocycles. The normalized spacial score (nSPS) is 13.0. The van der Waals surface area contributed by atoms with Crippen LogP contribution in [0.4, 0.5) is 22.7 Å². The van der Waals surface area contributed by atoms with Crippen molar-refractivity contribution in [2.24, 2.45) is 0 Å². The molecule has 16 heteroatoms. The molecular weight excluding hydrogens is 706 g/mol. The molecule has 4 N–H and O–H groups in total. The first kappa shape index (κ1) is 41.7. The van der Waals surface area contributed by atoms with Crippen LogP contribution in [0.1, 0.15) is 84.5 Å². The molecule has 0 spiro atoms. The number of phenols is 2. The smallest absolute Gasteiger partial charge is 0.744 e. The number of carbonyl (C=O) groups excluding carboxylic acids is 2. The van der Waals surface area contributed by atoms with Gasteiger partial charge in [-0.2, -0.15) is 0 Å². The van der Waals surface area contributed by atoms with E-state index < -0.39 is 75.0 Å². The maximum absolute atomic E-state index is 14.1. The summed E-state index contributed by atoms with van der Waals surface area (Å²) in [7, 11) is -10.1. The Bertz CT molecular complexity index is 2120. The van der Waals surface area contributed by atoms with Crippen LogP contribution in [0.3, 0.4) is 0 Å². The molecule has 1 aliphatic carbocycles. The van der Waals surface area contributed by atoms with Crippen molar-refractivity contribution in [2.45, 2.75) is 62.2 Å². The first-order valence-electron chi connectivity index (χ1n) is 14.6. The van der Waals surface area contributed by atoms with Gasteiger partial charge >= 0.3 is 59.1 Å². The van der Waals surface area contributed by atoms with Crippen molar-refractivity contribution in [3.05, 3.63) is 94.0 Å². The van der Waals surface area contributed by atoms with Crippen LogP contribution in [-0.4, -0.2) is 47.7 Å². The van der Waals surface area contributed by atoms with E-state index in [0.29, 0.717) is 11.1 Å². The largest absolute Gasteiger partial charge is 1.00 e. The number of benzene rings is 4. The number of carbonyl (C=O) groups is 2. The second kappa shape index (κ2) is 14.3. The summed E-state index contributed by atoms with van der Waals surface area (Å²) in [5, 5.41) is 26.8. The van der Waals surface area contributed by atoms with E-state index in [1.807, 2.05) is 41.5 Å².